The monoisotopic (exact) mass is 645 g/mol. The van der Waals surface area contributed by atoms with Crippen LogP contribution < -0.4 is 49.5 Å². The minimum atomic E-state index is -1.73. The number of unbranched alkanes of at least 4 members (excludes halogenated alkanes) is 1. The Morgan fingerprint density at radius 2 is 1.13 bits per heavy atom. The third-order valence-corrected chi connectivity index (χ3v) is 6.39. The van der Waals surface area contributed by atoms with Crippen molar-refractivity contribution < 1.29 is 48.6 Å². The van der Waals surface area contributed by atoms with Crippen molar-refractivity contribution in [3.05, 3.63) is 0 Å². The van der Waals surface area contributed by atoms with E-state index in [9.17, 15) is 43.5 Å². The molecule has 0 unspecified atom stereocenters. The van der Waals surface area contributed by atoms with Crippen molar-refractivity contribution in [1.82, 2.24) is 26.6 Å². The molecule has 0 saturated carbocycles. The number of nitrogens with one attached hydrogen (secondary N) is 5. The van der Waals surface area contributed by atoms with Crippen LogP contribution in [-0.2, 0) is 38.4 Å². The standard InChI is InChI=1S/C26H47N9O10/c1-12(2)20(25(43)33-16(10-19(30)38)24(42)34-17(11-36)26(44)45)35-23(41)14(6-4-5-9-27)32-22(40)15(7-8-18(29)37)31-21(39)13(3)28/h12-17,20,36H,4-11,27-28H2,1-3H3,(H2,29,37)(H2,30,38)(H,31,39)(H,32,40)(H,33,43)(H,34,42)(H,35,41)(H,44,45)/t13-,14-,15-,16-,17-,20-/m0/s1. The molecule has 0 aliphatic carbocycles. The molecule has 256 valence electrons. The number of rotatable bonds is 22. The molecule has 7 amide bonds. The van der Waals surface area contributed by atoms with Crippen LogP contribution in [0.3, 0.4) is 0 Å². The summed E-state index contributed by atoms with van der Waals surface area (Å²) in [6.45, 7) is 3.82. The Hall–Kier alpha value is -4.36. The van der Waals surface area contributed by atoms with Gasteiger partial charge in [0.15, 0.2) is 0 Å². The second kappa shape index (κ2) is 20.6. The van der Waals surface area contributed by atoms with Gasteiger partial charge in [-0.15, -0.1) is 0 Å². The molecule has 0 heterocycles. The minimum absolute atomic E-state index is 0.0649. The number of carboxylic acids is 1. The van der Waals surface area contributed by atoms with Gasteiger partial charge in [0.2, 0.25) is 41.4 Å². The van der Waals surface area contributed by atoms with E-state index in [1.807, 2.05) is 5.32 Å². The number of primary amides is 2. The Bertz CT molecular complexity index is 1070. The van der Waals surface area contributed by atoms with Gasteiger partial charge in [0, 0.05) is 6.42 Å². The summed E-state index contributed by atoms with van der Waals surface area (Å²) < 4.78 is 0. The fourth-order valence-corrected chi connectivity index (χ4v) is 3.81. The van der Waals surface area contributed by atoms with Gasteiger partial charge >= 0.3 is 5.97 Å². The number of aliphatic hydroxyl groups is 1. The van der Waals surface area contributed by atoms with Gasteiger partial charge in [-0.25, -0.2) is 4.79 Å². The van der Waals surface area contributed by atoms with Crippen molar-refractivity contribution in [1.29, 1.82) is 0 Å². The van der Waals surface area contributed by atoms with E-state index in [2.05, 4.69) is 21.3 Å². The van der Waals surface area contributed by atoms with Crippen LogP contribution in [0.5, 0.6) is 0 Å². The predicted molar refractivity (Wildman–Crippen MR) is 158 cm³/mol. The van der Waals surface area contributed by atoms with E-state index in [1.165, 1.54) is 6.92 Å². The Morgan fingerprint density at radius 1 is 0.644 bits per heavy atom. The highest BCUT2D eigenvalue weighted by Crippen LogP contribution is 2.09. The molecule has 15 N–H and O–H groups in total. The maximum atomic E-state index is 13.4. The largest absolute Gasteiger partial charge is 0.480 e. The number of carboxylic acid groups (broad SMARTS) is 1. The lowest BCUT2D eigenvalue weighted by Gasteiger charge is -2.28. The van der Waals surface area contributed by atoms with E-state index >= 15 is 0 Å². The van der Waals surface area contributed by atoms with Crippen molar-refractivity contribution in [3.63, 3.8) is 0 Å². The van der Waals surface area contributed by atoms with E-state index in [0.717, 1.165) is 0 Å². The van der Waals surface area contributed by atoms with Gasteiger partial charge in [0.05, 0.1) is 19.1 Å². The van der Waals surface area contributed by atoms with E-state index in [-0.39, 0.29) is 25.8 Å². The van der Waals surface area contributed by atoms with Crippen LogP contribution in [0.4, 0.5) is 0 Å². The third kappa shape index (κ3) is 15.8. The Kier molecular flexibility index (Phi) is 18.6. The number of aliphatic carboxylic acids is 1. The van der Waals surface area contributed by atoms with E-state index in [1.54, 1.807) is 13.8 Å². The maximum Gasteiger partial charge on any atom is 0.328 e. The number of carbonyl (C=O) groups excluding carboxylic acids is 7. The SMILES string of the molecule is CC(C)[C@H](NC(=O)[C@H](CCCCN)NC(=O)[C@H](CCC(N)=O)NC(=O)[C@H](C)N)C(=O)N[C@@H](CC(N)=O)C(=O)N[C@@H](CO)C(=O)O. The Balaban J connectivity index is 6.01. The summed E-state index contributed by atoms with van der Waals surface area (Å²) >= 11 is 0. The van der Waals surface area contributed by atoms with Gasteiger partial charge in [-0.05, 0) is 45.1 Å². The van der Waals surface area contributed by atoms with Crippen LogP contribution in [0, 0.1) is 5.92 Å². The first-order chi connectivity index (χ1) is 20.9. The fourth-order valence-electron chi connectivity index (χ4n) is 3.81. The molecule has 0 spiro atoms. The Labute approximate surface area is 260 Å². The second-order valence-electron chi connectivity index (χ2n) is 10.7. The second-order valence-corrected chi connectivity index (χ2v) is 10.7. The number of carbonyl (C=O) groups is 8. The molecule has 0 aliphatic rings. The van der Waals surface area contributed by atoms with Crippen molar-refractivity contribution >= 4 is 47.3 Å². The average molecular weight is 646 g/mol. The van der Waals surface area contributed by atoms with E-state index < -0.39 is 103 Å². The molecule has 45 heavy (non-hydrogen) atoms. The molecular formula is C26H47N9O10. The molecule has 19 heteroatoms. The van der Waals surface area contributed by atoms with Gasteiger partial charge < -0.3 is 59.7 Å². The van der Waals surface area contributed by atoms with Crippen LogP contribution in [0.25, 0.3) is 0 Å². The molecular weight excluding hydrogens is 598 g/mol. The molecule has 19 nitrogen and oxygen atoms in total. The molecule has 0 aromatic carbocycles. The molecule has 0 radical (unpaired) electrons. The fraction of sp³-hybridized carbons (Fsp3) is 0.692. The lowest BCUT2D eigenvalue weighted by Crippen LogP contribution is -2.60. The molecule has 0 aliphatic heterocycles. The minimum Gasteiger partial charge on any atom is -0.480 e. The van der Waals surface area contributed by atoms with Crippen molar-refractivity contribution in [2.45, 2.75) is 95.5 Å². The maximum absolute atomic E-state index is 13.4. The van der Waals surface area contributed by atoms with Gasteiger partial charge in [-0.2, -0.15) is 0 Å². The zero-order valence-corrected chi connectivity index (χ0v) is 25.7. The van der Waals surface area contributed by atoms with Crippen LogP contribution in [0.2, 0.25) is 0 Å². The van der Waals surface area contributed by atoms with Crippen molar-refractivity contribution in [2.24, 2.45) is 28.9 Å². The number of hydrogen-bond donors (Lipinski definition) is 11. The highest BCUT2D eigenvalue weighted by atomic mass is 16.4. The number of aliphatic hydroxyl groups excluding tert-OH is 1. The quantitative estimate of drug-likeness (QED) is 0.0492. The molecule has 0 rings (SSSR count). The van der Waals surface area contributed by atoms with Crippen LogP contribution >= 0.6 is 0 Å². The first kappa shape index (κ1) is 40.6. The van der Waals surface area contributed by atoms with E-state index in [4.69, 9.17) is 28.0 Å². The van der Waals surface area contributed by atoms with E-state index in [0.29, 0.717) is 12.8 Å². The normalized spacial score (nSPS) is 14.9. The van der Waals surface area contributed by atoms with Crippen LogP contribution in [0.15, 0.2) is 0 Å². The molecule has 0 fully saturated rings. The Morgan fingerprint density at radius 3 is 1.60 bits per heavy atom. The van der Waals surface area contributed by atoms with Gasteiger partial charge in [0.1, 0.15) is 30.2 Å². The number of nitrogens with two attached hydrogens (primary N) is 4. The summed E-state index contributed by atoms with van der Waals surface area (Å²) in [5.41, 5.74) is 21.5. The van der Waals surface area contributed by atoms with Crippen molar-refractivity contribution in [3.8, 4) is 0 Å². The zero-order valence-electron chi connectivity index (χ0n) is 25.7. The summed E-state index contributed by atoms with van der Waals surface area (Å²) in [4.78, 5) is 98.7. The first-order valence-electron chi connectivity index (χ1n) is 14.3. The van der Waals surface area contributed by atoms with Gasteiger partial charge in [0.25, 0.3) is 0 Å². The molecule has 6 atom stereocenters. The highest BCUT2D eigenvalue weighted by Gasteiger charge is 2.34. The van der Waals surface area contributed by atoms with Crippen LogP contribution in [0.1, 0.15) is 59.3 Å². The summed E-state index contributed by atoms with van der Waals surface area (Å²) in [6, 6.07) is -8.21. The molecule has 0 aromatic rings. The average Bonchev–Trinajstić information content (AvgIpc) is 2.94. The first-order valence-corrected chi connectivity index (χ1v) is 14.3. The van der Waals surface area contributed by atoms with Gasteiger partial charge in [-0.3, -0.25) is 33.6 Å². The number of amides is 7. The molecule has 0 saturated heterocycles. The smallest absolute Gasteiger partial charge is 0.328 e. The molecule has 0 bridgehead atoms. The third-order valence-electron chi connectivity index (χ3n) is 6.39. The van der Waals surface area contributed by atoms with Crippen molar-refractivity contribution in [2.75, 3.05) is 13.2 Å². The lowest BCUT2D eigenvalue weighted by atomic mass is 10.0. The van der Waals surface area contributed by atoms with Gasteiger partial charge in [-0.1, -0.05) is 13.8 Å². The zero-order chi connectivity index (χ0) is 34.9. The summed E-state index contributed by atoms with van der Waals surface area (Å²) in [7, 11) is 0. The highest BCUT2D eigenvalue weighted by molar-refractivity contribution is 5.97. The summed E-state index contributed by atoms with van der Waals surface area (Å²) in [5, 5.41) is 30.0. The lowest BCUT2D eigenvalue weighted by molar-refractivity contribution is -0.143. The predicted octanol–water partition coefficient (Wildman–Crippen LogP) is -5.24. The van der Waals surface area contributed by atoms with Crippen LogP contribution in [-0.4, -0.2) is 107 Å². The summed E-state index contributed by atoms with van der Waals surface area (Å²) in [6.07, 6.45) is -0.253. The topological polar surface area (TPSA) is 341 Å². The number of hydrogen-bond acceptors (Lipinski definition) is 11. The summed E-state index contributed by atoms with van der Waals surface area (Å²) in [5.74, 6) is -8.31. The molecule has 0 aromatic heterocycles.